The third kappa shape index (κ3) is 5.27. The first kappa shape index (κ1) is 25.4. The van der Waals surface area contributed by atoms with Gasteiger partial charge in [-0.3, -0.25) is 4.79 Å². The molecule has 0 saturated heterocycles. The van der Waals surface area contributed by atoms with Crippen molar-refractivity contribution in [2.45, 2.75) is 70.4 Å². The van der Waals surface area contributed by atoms with Crippen molar-refractivity contribution in [2.75, 3.05) is 0 Å². The van der Waals surface area contributed by atoms with Crippen LogP contribution < -0.4 is 10.4 Å². The minimum Gasteiger partial charge on any atom is -0.404 e. The Morgan fingerprint density at radius 2 is 1.37 bits per heavy atom. The average Bonchev–Trinajstić information content (AvgIpc) is 3.21. The van der Waals surface area contributed by atoms with Crippen LogP contribution in [0.3, 0.4) is 0 Å². The zero-order valence-corrected chi connectivity index (χ0v) is 22.2. The van der Waals surface area contributed by atoms with Crippen molar-refractivity contribution in [3.63, 3.8) is 0 Å². The Labute approximate surface area is 210 Å². The molecule has 184 valence electrons. The molecule has 1 aliphatic rings. The summed E-state index contributed by atoms with van der Waals surface area (Å²) in [6.45, 7) is 8.87. The second kappa shape index (κ2) is 10.5. The smallest absolute Gasteiger partial charge is 0.261 e. The molecule has 0 heterocycles. The van der Waals surface area contributed by atoms with Gasteiger partial charge in [0.25, 0.3) is 8.32 Å². The molecule has 1 fully saturated rings. The number of amides is 1. The molecule has 0 bridgehead atoms. The molecule has 3 aromatic carbocycles. The molecule has 4 nitrogen and oxygen atoms in total. The lowest BCUT2D eigenvalue weighted by atomic mass is 10.1. The highest BCUT2D eigenvalue weighted by molar-refractivity contribution is 6.99. The van der Waals surface area contributed by atoms with Crippen LogP contribution in [0.5, 0.6) is 0 Å². The van der Waals surface area contributed by atoms with E-state index in [4.69, 9.17) is 4.43 Å². The molecule has 0 spiro atoms. The maximum atomic E-state index is 12.7. The van der Waals surface area contributed by atoms with Crippen molar-refractivity contribution < 1.29 is 14.3 Å². The normalized spacial score (nSPS) is 20.5. The van der Waals surface area contributed by atoms with E-state index in [1.54, 1.807) is 6.92 Å². The van der Waals surface area contributed by atoms with Crippen LogP contribution in [0.1, 0.15) is 46.1 Å². The lowest BCUT2D eigenvalue weighted by Gasteiger charge is -2.44. The third-order valence-corrected chi connectivity index (χ3v) is 12.3. The molecule has 0 radical (unpaired) electrons. The van der Waals surface area contributed by atoms with Gasteiger partial charge >= 0.3 is 0 Å². The topological polar surface area (TPSA) is 49.8 Å². The second-order valence-corrected chi connectivity index (χ2v) is 14.9. The van der Waals surface area contributed by atoms with Crippen LogP contribution >= 0.6 is 0 Å². The molecular formula is C30H37NO3Si. The molecule has 3 atom stereocenters. The monoisotopic (exact) mass is 487 g/mol. The summed E-state index contributed by atoms with van der Waals surface area (Å²) in [5.41, 5.74) is 1.06. The van der Waals surface area contributed by atoms with Crippen molar-refractivity contribution in [2.24, 2.45) is 0 Å². The maximum absolute atomic E-state index is 12.7. The molecule has 5 heteroatoms. The van der Waals surface area contributed by atoms with Gasteiger partial charge in [-0.05, 0) is 27.4 Å². The Kier molecular flexibility index (Phi) is 7.60. The quantitative estimate of drug-likeness (QED) is 0.499. The zero-order valence-electron chi connectivity index (χ0n) is 21.2. The summed E-state index contributed by atoms with van der Waals surface area (Å²) in [4.78, 5) is 14.5. The van der Waals surface area contributed by atoms with Crippen LogP contribution in [0.25, 0.3) is 0 Å². The Balaban J connectivity index is 1.67. The summed E-state index contributed by atoms with van der Waals surface area (Å²) < 4.78 is 7.26. The standard InChI is InChI=1S/C30H37NO3Si/c1-23(32)31(22-24-14-8-5-9-15-24)28-20-25(21-29(28)33)34-35(30(2,3)4,26-16-10-6-11-17-26)27-18-12-7-13-19-27/h5-19,25,28-29,33H,20-22H2,1-4H3. The van der Waals surface area contributed by atoms with Crippen LogP contribution in [-0.2, 0) is 15.8 Å². The summed E-state index contributed by atoms with van der Waals surface area (Å²) in [7, 11) is -2.72. The number of carbonyl (C=O) groups is 1. The molecule has 3 aromatic rings. The van der Waals surface area contributed by atoms with Gasteiger partial charge in [-0.25, -0.2) is 0 Å². The molecule has 1 aliphatic carbocycles. The summed E-state index contributed by atoms with van der Waals surface area (Å²) >= 11 is 0. The Morgan fingerprint density at radius 1 is 0.886 bits per heavy atom. The Hall–Kier alpha value is -2.73. The van der Waals surface area contributed by atoms with Crippen molar-refractivity contribution >= 4 is 24.6 Å². The van der Waals surface area contributed by atoms with Crippen molar-refractivity contribution in [1.29, 1.82) is 0 Å². The molecular weight excluding hydrogens is 450 g/mol. The Bertz CT molecular complexity index is 1060. The van der Waals surface area contributed by atoms with Gasteiger partial charge in [-0.1, -0.05) is 112 Å². The van der Waals surface area contributed by atoms with Gasteiger partial charge in [0.15, 0.2) is 0 Å². The lowest BCUT2D eigenvalue weighted by molar-refractivity contribution is -0.133. The molecule has 1 N–H and O–H groups in total. The number of carbonyl (C=O) groups excluding carboxylic acids is 1. The van der Waals surface area contributed by atoms with E-state index >= 15 is 0 Å². The fourth-order valence-electron chi connectivity index (χ4n) is 5.56. The second-order valence-electron chi connectivity index (χ2n) is 10.6. The van der Waals surface area contributed by atoms with Crippen molar-refractivity contribution in [3.05, 3.63) is 96.6 Å². The summed E-state index contributed by atoms with van der Waals surface area (Å²) in [6, 6.07) is 30.9. The van der Waals surface area contributed by atoms with E-state index in [1.165, 1.54) is 10.4 Å². The number of hydrogen-bond donors (Lipinski definition) is 1. The highest BCUT2D eigenvalue weighted by Crippen LogP contribution is 2.40. The van der Waals surface area contributed by atoms with Gasteiger partial charge in [0, 0.05) is 19.9 Å². The number of aliphatic hydroxyl groups excluding tert-OH is 1. The molecule has 1 saturated carbocycles. The van der Waals surface area contributed by atoms with Gasteiger partial charge < -0.3 is 14.4 Å². The van der Waals surface area contributed by atoms with Gasteiger partial charge in [0.1, 0.15) is 0 Å². The highest BCUT2D eigenvalue weighted by Gasteiger charge is 2.53. The first-order chi connectivity index (χ1) is 16.7. The van der Waals surface area contributed by atoms with Crippen LogP contribution in [0.2, 0.25) is 5.04 Å². The van der Waals surface area contributed by atoms with Gasteiger partial charge in [-0.15, -0.1) is 0 Å². The fourth-order valence-corrected chi connectivity index (χ4v) is 10.3. The number of hydrogen-bond acceptors (Lipinski definition) is 3. The molecule has 1 amide bonds. The number of benzene rings is 3. The molecule has 3 unspecified atom stereocenters. The van der Waals surface area contributed by atoms with Gasteiger partial charge in [-0.2, -0.15) is 0 Å². The van der Waals surface area contributed by atoms with E-state index in [9.17, 15) is 9.90 Å². The van der Waals surface area contributed by atoms with E-state index in [1.807, 2.05) is 47.4 Å². The predicted molar refractivity (Wildman–Crippen MR) is 144 cm³/mol. The minimum atomic E-state index is -2.72. The molecule has 35 heavy (non-hydrogen) atoms. The number of aliphatic hydroxyl groups is 1. The van der Waals surface area contributed by atoms with Crippen LogP contribution in [0.15, 0.2) is 91.0 Å². The number of nitrogens with zero attached hydrogens (tertiary/aromatic N) is 1. The summed E-state index contributed by atoms with van der Waals surface area (Å²) in [6.07, 6.45) is 0.385. The molecule has 4 rings (SSSR count). The summed E-state index contributed by atoms with van der Waals surface area (Å²) in [5, 5.41) is 13.5. The summed E-state index contributed by atoms with van der Waals surface area (Å²) in [5.74, 6) is -0.0241. The first-order valence-electron chi connectivity index (χ1n) is 12.5. The average molecular weight is 488 g/mol. The van der Waals surface area contributed by atoms with E-state index in [0.29, 0.717) is 19.4 Å². The third-order valence-electron chi connectivity index (χ3n) is 7.21. The molecule has 0 aliphatic heterocycles. The van der Waals surface area contributed by atoms with E-state index in [2.05, 4.69) is 69.3 Å². The van der Waals surface area contributed by atoms with E-state index in [0.717, 1.165) is 5.56 Å². The van der Waals surface area contributed by atoms with E-state index < -0.39 is 14.4 Å². The van der Waals surface area contributed by atoms with Crippen molar-refractivity contribution in [1.82, 2.24) is 4.90 Å². The van der Waals surface area contributed by atoms with Crippen LogP contribution in [-0.4, -0.2) is 42.5 Å². The fraction of sp³-hybridized carbons (Fsp3) is 0.367. The van der Waals surface area contributed by atoms with Crippen LogP contribution in [0, 0.1) is 0 Å². The van der Waals surface area contributed by atoms with E-state index in [-0.39, 0.29) is 23.1 Å². The zero-order chi connectivity index (χ0) is 25.1. The van der Waals surface area contributed by atoms with Crippen LogP contribution in [0.4, 0.5) is 0 Å². The highest BCUT2D eigenvalue weighted by atomic mass is 28.4. The van der Waals surface area contributed by atoms with Crippen molar-refractivity contribution in [3.8, 4) is 0 Å². The van der Waals surface area contributed by atoms with Gasteiger partial charge in [0.05, 0.1) is 18.2 Å². The minimum absolute atomic E-state index is 0.0241. The van der Waals surface area contributed by atoms with Gasteiger partial charge in [0.2, 0.25) is 5.91 Å². The molecule has 0 aromatic heterocycles. The first-order valence-corrected chi connectivity index (χ1v) is 14.4. The maximum Gasteiger partial charge on any atom is 0.261 e. The largest absolute Gasteiger partial charge is 0.404 e. The Morgan fingerprint density at radius 3 is 1.83 bits per heavy atom. The lowest BCUT2D eigenvalue weighted by Crippen LogP contribution is -2.67. The number of rotatable bonds is 7. The predicted octanol–water partition coefficient (Wildman–Crippen LogP) is 4.50. The SMILES string of the molecule is CC(=O)N(Cc1ccccc1)C1CC(O[Si](c2ccccc2)(c2ccccc2)C(C)(C)C)CC1O.